The Morgan fingerprint density at radius 2 is 1.90 bits per heavy atom. The van der Waals surface area contributed by atoms with Gasteiger partial charge in [0.15, 0.2) is 5.96 Å². The van der Waals surface area contributed by atoms with Crippen LogP contribution in [0.5, 0.6) is 0 Å². The second-order valence-corrected chi connectivity index (χ2v) is 6.66. The van der Waals surface area contributed by atoms with Crippen LogP contribution in [0.15, 0.2) is 53.8 Å². The minimum atomic E-state index is 0. The zero-order valence-corrected chi connectivity index (χ0v) is 19.7. The number of benzene rings is 1. The third kappa shape index (κ3) is 6.09. The van der Waals surface area contributed by atoms with Gasteiger partial charge in [-0.25, -0.2) is 4.98 Å². The summed E-state index contributed by atoms with van der Waals surface area (Å²) in [6.07, 6.45) is 4.95. The van der Waals surface area contributed by atoms with E-state index in [2.05, 4.69) is 86.9 Å². The van der Waals surface area contributed by atoms with Crippen molar-refractivity contribution in [1.82, 2.24) is 20.6 Å². The van der Waals surface area contributed by atoms with Crippen molar-refractivity contribution < 1.29 is 0 Å². The lowest BCUT2D eigenvalue weighted by molar-refractivity contribution is 0.792. The van der Waals surface area contributed by atoms with Crippen LogP contribution in [0.2, 0.25) is 0 Å². The molecule has 0 saturated heterocycles. The predicted molar refractivity (Wildman–Crippen MR) is 133 cm³/mol. The number of anilines is 1. The van der Waals surface area contributed by atoms with Gasteiger partial charge in [-0.2, -0.15) is 0 Å². The van der Waals surface area contributed by atoms with Crippen LogP contribution in [-0.2, 0) is 13.0 Å². The average molecular weight is 506 g/mol. The number of pyridine rings is 1. The predicted octanol–water partition coefficient (Wildman–Crippen LogP) is 3.93. The minimum Gasteiger partial charge on any atom is -0.361 e. The van der Waals surface area contributed by atoms with Gasteiger partial charge in [0.1, 0.15) is 5.82 Å². The van der Waals surface area contributed by atoms with Gasteiger partial charge in [0.25, 0.3) is 0 Å². The maximum Gasteiger partial charge on any atom is 0.191 e. The number of nitrogens with one attached hydrogen (secondary N) is 3. The lowest BCUT2D eigenvalue weighted by Gasteiger charge is -2.19. The number of fused-ring (bicyclic) bond motifs is 1. The maximum absolute atomic E-state index is 4.57. The average Bonchev–Trinajstić information content (AvgIpc) is 3.15. The molecule has 3 aromatic rings. The fourth-order valence-electron chi connectivity index (χ4n) is 3.32. The summed E-state index contributed by atoms with van der Waals surface area (Å²) in [6, 6.07) is 12.6. The van der Waals surface area contributed by atoms with Gasteiger partial charge in [-0.3, -0.25) is 4.99 Å². The molecule has 0 unspecified atom stereocenters. The van der Waals surface area contributed by atoms with Crippen LogP contribution in [0.3, 0.4) is 0 Å². The molecule has 7 heteroatoms. The number of guanidine groups is 1. The van der Waals surface area contributed by atoms with Crippen molar-refractivity contribution in [2.24, 2.45) is 4.99 Å². The molecule has 29 heavy (non-hydrogen) atoms. The zero-order valence-electron chi connectivity index (χ0n) is 17.4. The van der Waals surface area contributed by atoms with Crippen LogP contribution in [0.1, 0.15) is 25.0 Å². The smallest absolute Gasteiger partial charge is 0.191 e. The molecular weight excluding hydrogens is 475 g/mol. The molecular formula is C22H31IN6. The van der Waals surface area contributed by atoms with Crippen molar-refractivity contribution in [2.45, 2.75) is 26.8 Å². The molecule has 156 valence electrons. The van der Waals surface area contributed by atoms with Crippen molar-refractivity contribution >= 4 is 46.7 Å². The number of para-hydroxylation sites is 1. The van der Waals surface area contributed by atoms with E-state index < -0.39 is 0 Å². The highest BCUT2D eigenvalue weighted by Crippen LogP contribution is 2.17. The van der Waals surface area contributed by atoms with Gasteiger partial charge in [-0.15, -0.1) is 24.0 Å². The Balaban J connectivity index is 0.00000300. The molecule has 0 bridgehead atoms. The molecule has 0 saturated carbocycles. The molecule has 6 nitrogen and oxygen atoms in total. The van der Waals surface area contributed by atoms with E-state index >= 15 is 0 Å². The molecule has 0 fully saturated rings. The number of aromatic nitrogens is 2. The standard InChI is InChI=1S/C22H30N6.HI/c1-4-28(5-2)21-11-10-17(14-26-21)15-27-22(23-3)24-13-12-18-16-25-20-9-7-6-8-19(18)20;/h6-11,14,16,25H,4-5,12-13,15H2,1-3H3,(H2,23,24,27);1H. The Hall–Kier alpha value is -2.29. The minimum absolute atomic E-state index is 0. The van der Waals surface area contributed by atoms with Crippen LogP contribution in [0, 0.1) is 0 Å². The van der Waals surface area contributed by atoms with Crippen LogP contribution in [0.4, 0.5) is 5.82 Å². The first kappa shape index (κ1) is 23.0. The summed E-state index contributed by atoms with van der Waals surface area (Å²) in [5, 5.41) is 8.03. The van der Waals surface area contributed by atoms with Gasteiger partial charge in [-0.1, -0.05) is 24.3 Å². The Labute approximate surface area is 190 Å². The van der Waals surface area contributed by atoms with E-state index in [0.717, 1.165) is 43.4 Å². The molecule has 0 amide bonds. The van der Waals surface area contributed by atoms with E-state index in [1.807, 2.05) is 6.20 Å². The van der Waals surface area contributed by atoms with Crippen LogP contribution in [-0.4, -0.2) is 42.6 Å². The molecule has 1 aromatic carbocycles. The molecule has 0 atom stereocenters. The van der Waals surface area contributed by atoms with E-state index in [1.165, 1.54) is 16.5 Å². The van der Waals surface area contributed by atoms with Gasteiger partial charge in [-0.05, 0) is 43.5 Å². The van der Waals surface area contributed by atoms with E-state index in [9.17, 15) is 0 Å². The van der Waals surface area contributed by atoms with Gasteiger partial charge >= 0.3 is 0 Å². The first-order valence-corrected chi connectivity index (χ1v) is 9.94. The quantitative estimate of drug-likeness (QED) is 0.246. The highest BCUT2D eigenvalue weighted by molar-refractivity contribution is 14.0. The molecule has 0 aliphatic carbocycles. The zero-order chi connectivity index (χ0) is 19.8. The first-order chi connectivity index (χ1) is 13.7. The number of aliphatic imine (C=N–C) groups is 1. The summed E-state index contributed by atoms with van der Waals surface area (Å²) in [5.74, 6) is 1.82. The summed E-state index contributed by atoms with van der Waals surface area (Å²) in [4.78, 5) is 14.4. The van der Waals surface area contributed by atoms with Crippen LogP contribution < -0.4 is 15.5 Å². The van der Waals surface area contributed by atoms with Gasteiger partial charge in [0.2, 0.25) is 0 Å². The van der Waals surface area contributed by atoms with Crippen molar-refractivity contribution in [3.63, 3.8) is 0 Å². The number of hydrogen-bond acceptors (Lipinski definition) is 3. The van der Waals surface area contributed by atoms with Crippen LogP contribution >= 0.6 is 24.0 Å². The monoisotopic (exact) mass is 506 g/mol. The fourth-order valence-corrected chi connectivity index (χ4v) is 3.32. The number of aromatic amines is 1. The molecule has 2 heterocycles. The SMILES string of the molecule is CCN(CC)c1ccc(CNC(=NC)NCCc2c[nH]c3ccccc23)cn1.I. The third-order valence-corrected chi connectivity index (χ3v) is 4.94. The summed E-state index contributed by atoms with van der Waals surface area (Å²) in [6.45, 7) is 7.74. The Kier molecular flexibility index (Phi) is 9.24. The van der Waals surface area contributed by atoms with E-state index in [1.54, 1.807) is 7.05 Å². The Morgan fingerprint density at radius 1 is 1.10 bits per heavy atom. The van der Waals surface area contributed by atoms with E-state index in [4.69, 9.17) is 0 Å². The maximum atomic E-state index is 4.57. The lowest BCUT2D eigenvalue weighted by Crippen LogP contribution is -2.37. The fraction of sp³-hybridized carbons (Fsp3) is 0.364. The summed E-state index contributed by atoms with van der Waals surface area (Å²) in [7, 11) is 1.79. The number of halogens is 1. The molecule has 3 N–H and O–H groups in total. The second-order valence-electron chi connectivity index (χ2n) is 6.66. The van der Waals surface area contributed by atoms with Gasteiger partial charge in [0.05, 0.1) is 0 Å². The molecule has 0 aliphatic rings. The lowest BCUT2D eigenvalue weighted by atomic mass is 10.1. The topological polar surface area (TPSA) is 68.3 Å². The van der Waals surface area contributed by atoms with Gasteiger partial charge < -0.3 is 20.5 Å². The molecule has 0 radical (unpaired) electrons. The second kappa shape index (κ2) is 11.6. The van der Waals surface area contributed by atoms with E-state index in [0.29, 0.717) is 6.54 Å². The van der Waals surface area contributed by atoms with Crippen molar-refractivity contribution in [3.05, 3.63) is 59.9 Å². The number of H-pyrrole nitrogens is 1. The molecule has 2 aromatic heterocycles. The van der Waals surface area contributed by atoms with Crippen molar-refractivity contribution in [3.8, 4) is 0 Å². The van der Waals surface area contributed by atoms with Crippen molar-refractivity contribution in [2.75, 3.05) is 31.6 Å². The third-order valence-electron chi connectivity index (χ3n) is 4.94. The number of rotatable bonds is 8. The highest BCUT2D eigenvalue weighted by Gasteiger charge is 2.05. The largest absolute Gasteiger partial charge is 0.361 e. The molecule has 3 rings (SSSR count). The van der Waals surface area contributed by atoms with Gasteiger partial charge in [0, 0.05) is 56.5 Å². The normalized spacial score (nSPS) is 11.2. The number of nitrogens with zero attached hydrogens (tertiary/aromatic N) is 3. The molecule has 0 aliphatic heterocycles. The summed E-state index contributed by atoms with van der Waals surface area (Å²) in [5.41, 5.74) is 3.63. The first-order valence-electron chi connectivity index (χ1n) is 9.94. The Morgan fingerprint density at radius 3 is 2.59 bits per heavy atom. The highest BCUT2D eigenvalue weighted by atomic mass is 127. The van der Waals surface area contributed by atoms with Crippen LogP contribution in [0.25, 0.3) is 10.9 Å². The van der Waals surface area contributed by atoms with E-state index in [-0.39, 0.29) is 24.0 Å². The number of hydrogen-bond donors (Lipinski definition) is 3. The molecule has 0 spiro atoms. The van der Waals surface area contributed by atoms with Crippen molar-refractivity contribution in [1.29, 1.82) is 0 Å². The summed E-state index contributed by atoms with van der Waals surface area (Å²) < 4.78 is 0. The Bertz CT molecular complexity index is 899. The summed E-state index contributed by atoms with van der Waals surface area (Å²) >= 11 is 0.